The van der Waals surface area contributed by atoms with Gasteiger partial charge < -0.3 is 10.6 Å². The first-order valence-electron chi connectivity index (χ1n) is 8.47. The van der Waals surface area contributed by atoms with Crippen molar-refractivity contribution in [3.63, 3.8) is 0 Å². The lowest BCUT2D eigenvalue weighted by atomic mass is 9.85. The van der Waals surface area contributed by atoms with Crippen molar-refractivity contribution < 1.29 is 18.0 Å². The van der Waals surface area contributed by atoms with Gasteiger partial charge in [0.2, 0.25) is 5.95 Å². The third kappa shape index (κ3) is 4.34. The maximum absolute atomic E-state index is 13.4. The number of hydrogen-bond acceptors (Lipinski definition) is 5. The van der Waals surface area contributed by atoms with E-state index in [0.717, 1.165) is 25.5 Å². The minimum atomic E-state index is -4.85. The number of nitrogens with zero attached hydrogens (tertiary/aromatic N) is 3. The highest BCUT2D eigenvalue weighted by molar-refractivity contribution is 6.32. The van der Waals surface area contributed by atoms with Gasteiger partial charge in [0.05, 0.1) is 21.8 Å². The largest absolute Gasteiger partial charge is 0.434 e. The molecule has 0 unspecified atom stereocenters. The van der Waals surface area contributed by atoms with Gasteiger partial charge in [0.1, 0.15) is 6.07 Å². The number of nitrogens with one attached hydrogen (secondary N) is 2. The van der Waals surface area contributed by atoms with Crippen LogP contribution >= 0.6 is 11.6 Å². The molecule has 6 nitrogen and oxygen atoms in total. The molecule has 3 rings (SSSR count). The van der Waals surface area contributed by atoms with Crippen molar-refractivity contribution in [2.24, 2.45) is 5.92 Å². The van der Waals surface area contributed by atoms with Crippen LogP contribution in [0.2, 0.25) is 5.02 Å². The second-order valence-corrected chi connectivity index (χ2v) is 6.77. The Kier molecular flexibility index (Phi) is 5.70. The number of carbonyl (C=O) groups is 1. The summed E-state index contributed by atoms with van der Waals surface area (Å²) in [5.74, 6) is -0.972. The molecular weight excluding hydrogens is 395 g/mol. The van der Waals surface area contributed by atoms with E-state index >= 15 is 0 Å². The van der Waals surface area contributed by atoms with Crippen molar-refractivity contribution >= 4 is 29.1 Å². The molecule has 10 heteroatoms. The summed E-state index contributed by atoms with van der Waals surface area (Å²) in [7, 11) is 0. The molecule has 1 amide bonds. The summed E-state index contributed by atoms with van der Waals surface area (Å²) in [6.45, 7) is 0.324. The quantitative estimate of drug-likeness (QED) is 0.768. The summed E-state index contributed by atoms with van der Waals surface area (Å²) in [6.07, 6.45) is -1.06. The molecule has 0 atom stereocenters. The predicted molar refractivity (Wildman–Crippen MR) is 96.2 cm³/mol. The Morgan fingerprint density at radius 2 is 2.11 bits per heavy atom. The van der Waals surface area contributed by atoms with E-state index in [1.54, 1.807) is 0 Å². The van der Waals surface area contributed by atoms with Crippen molar-refractivity contribution in [3.8, 4) is 6.07 Å². The van der Waals surface area contributed by atoms with Gasteiger partial charge in [-0.25, -0.2) is 9.97 Å². The van der Waals surface area contributed by atoms with E-state index < -0.39 is 29.3 Å². The molecule has 28 heavy (non-hydrogen) atoms. The van der Waals surface area contributed by atoms with Crippen LogP contribution in [0.25, 0.3) is 0 Å². The number of nitriles is 1. The number of anilines is 2. The first-order chi connectivity index (χ1) is 13.3. The van der Waals surface area contributed by atoms with Gasteiger partial charge in [-0.2, -0.15) is 18.4 Å². The molecule has 146 valence electrons. The Morgan fingerprint density at radius 1 is 1.36 bits per heavy atom. The summed E-state index contributed by atoms with van der Waals surface area (Å²) < 4.78 is 40.3. The van der Waals surface area contributed by atoms with Gasteiger partial charge in [-0.15, -0.1) is 0 Å². The van der Waals surface area contributed by atoms with E-state index in [2.05, 4.69) is 20.6 Å². The highest BCUT2D eigenvalue weighted by atomic mass is 35.5. The Hall–Kier alpha value is -2.86. The molecule has 1 heterocycles. The zero-order valence-corrected chi connectivity index (χ0v) is 15.2. The number of halogens is 4. The Balaban J connectivity index is 1.87. The molecule has 1 aromatic carbocycles. The monoisotopic (exact) mass is 409 g/mol. The SMILES string of the molecule is N#Cc1c(Cl)cccc1Nc1ncc(C(=O)NCC2CCC2)c(C(F)(F)F)n1. The van der Waals surface area contributed by atoms with Gasteiger partial charge in [0, 0.05) is 12.7 Å². The van der Waals surface area contributed by atoms with Gasteiger partial charge >= 0.3 is 6.18 Å². The van der Waals surface area contributed by atoms with Gasteiger partial charge in [-0.3, -0.25) is 4.79 Å². The molecule has 0 aliphatic heterocycles. The maximum atomic E-state index is 13.4. The molecule has 1 saturated carbocycles. The van der Waals surface area contributed by atoms with Crippen LogP contribution < -0.4 is 10.6 Å². The van der Waals surface area contributed by atoms with Gasteiger partial charge in [-0.1, -0.05) is 24.1 Å². The molecule has 1 aliphatic carbocycles. The Morgan fingerprint density at radius 3 is 2.71 bits per heavy atom. The summed E-state index contributed by atoms with van der Waals surface area (Å²) >= 11 is 5.91. The second-order valence-electron chi connectivity index (χ2n) is 6.36. The van der Waals surface area contributed by atoms with Crippen LogP contribution in [0.3, 0.4) is 0 Å². The van der Waals surface area contributed by atoms with Crippen molar-refractivity contribution in [2.75, 3.05) is 11.9 Å². The average Bonchev–Trinajstić information content (AvgIpc) is 2.59. The van der Waals surface area contributed by atoms with Crippen LogP contribution in [0.5, 0.6) is 0 Å². The topological polar surface area (TPSA) is 90.7 Å². The Labute approximate surface area is 163 Å². The molecular formula is C18H15ClF3N5O. The van der Waals surface area contributed by atoms with Crippen LogP contribution in [0.4, 0.5) is 24.8 Å². The third-order valence-electron chi connectivity index (χ3n) is 4.45. The van der Waals surface area contributed by atoms with E-state index in [-0.39, 0.29) is 16.3 Å². The summed E-state index contributed by atoms with van der Waals surface area (Å²) in [4.78, 5) is 19.5. The molecule has 0 bridgehead atoms. The lowest BCUT2D eigenvalue weighted by Crippen LogP contribution is -2.33. The smallest absolute Gasteiger partial charge is 0.352 e. The van der Waals surface area contributed by atoms with E-state index in [1.807, 2.05) is 6.07 Å². The number of alkyl halides is 3. The second kappa shape index (κ2) is 8.02. The average molecular weight is 410 g/mol. The molecule has 0 saturated heterocycles. The van der Waals surface area contributed by atoms with Gasteiger partial charge in [0.15, 0.2) is 5.69 Å². The molecule has 1 aliphatic rings. The molecule has 2 N–H and O–H groups in total. The number of hydrogen-bond donors (Lipinski definition) is 2. The zero-order chi connectivity index (χ0) is 20.3. The van der Waals surface area contributed by atoms with Gasteiger partial charge in [0.25, 0.3) is 5.91 Å². The first-order valence-corrected chi connectivity index (χ1v) is 8.85. The van der Waals surface area contributed by atoms with Crippen molar-refractivity contribution in [1.82, 2.24) is 15.3 Å². The van der Waals surface area contributed by atoms with Crippen molar-refractivity contribution in [2.45, 2.75) is 25.4 Å². The summed E-state index contributed by atoms with van der Waals surface area (Å²) in [5, 5.41) is 14.4. The number of aromatic nitrogens is 2. The van der Waals surface area contributed by atoms with Crippen LogP contribution in [0.1, 0.15) is 40.9 Å². The molecule has 0 spiro atoms. The van der Waals surface area contributed by atoms with Crippen LogP contribution in [0.15, 0.2) is 24.4 Å². The fraction of sp³-hybridized carbons (Fsp3) is 0.333. The first kappa shape index (κ1) is 19.9. The number of rotatable bonds is 5. The number of amides is 1. The van der Waals surface area contributed by atoms with Crippen LogP contribution in [-0.4, -0.2) is 22.4 Å². The standard InChI is InChI=1S/C18H15ClF3N5O/c19-13-5-2-6-14(11(13)7-23)26-17-25-9-12(15(27-17)18(20,21)22)16(28)24-8-10-3-1-4-10/h2,5-6,9-10H,1,3-4,8H2,(H,24,28)(H,25,26,27). The highest BCUT2D eigenvalue weighted by Crippen LogP contribution is 2.32. The van der Waals surface area contributed by atoms with E-state index in [1.165, 1.54) is 18.2 Å². The van der Waals surface area contributed by atoms with E-state index in [0.29, 0.717) is 12.5 Å². The lowest BCUT2D eigenvalue weighted by molar-refractivity contribution is -0.141. The summed E-state index contributed by atoms with van der Waals surface area (Å²) in [5.41, 5.74) is -1.80. The molecule has 1 fully saturated rings. The minimum Gasteiger partial charge on any atom is -0.352 e. The highest BCUT2D eigenvalue weighted by Gasteiger charge is 2.38. The Bertz CT molecular complexity index is 938. The van der Waals surface area contributed by atoms with Crippen molar-refractivity contribution in [3.05, 3.63) is 46.2 Å². The minimum absolute atomic E-state index is 0.0450. The van der Waals surface area contributed by atoms with Gasteiger partial charge in [-0.05, 0) is 30.9 Å². The van der Waals surface area contributed by atoms with Crippen LogP contribution in [-0.2, 0) is 6.18 Å². The van der Waals surface area contributed by atoms with E-state index in [4.69, 9.17) is 16.9 Å². The zero-order valence-electron chi connectivity index (χ0n) is 14.5. The third-order valence-corrected chi connectivity index (χ3v) is 4.76. The summed E-state index contributed by atoms with van der Waals surface area (Å²) in [6, 6.07) is 6.32. The van der Waals surface area contributed by atoms with E-state index in [9.17, 15) is 18.0 Å². The fourth-order valence-corrected chi connectivity index (χ4v) is 2.93. The maximum Gasteiger partial charge on any atom is 0.434 e. The predicted octanol–water partition coefficient (Wildman–Crippen LogP) is 4.29. The molecule has 1 aromatic heterocycles. The molecule has 2 aromatic rings. The number of benzene rings is 1. The van der Waals surface area contributed by atoms with Crippen molar-refractivity contribution in [1.29, 1.82) is 5.26 Å². The lowest BCUT2D eigenvalue weighted by Gasteiger charge is -2.25. The fourth-order valence-electron chi connectivity index (χ4n) is 2.72. The molecule has 0 radical (unpaired) electrons. The number of carbonyl (C=O) groups excluding carboxylic acids is 1. The van der Waals surface area contributed by atoms with Crippen LogP contribution in [0, 0.1) is 17.2 Å². The normalized spacial score (nSPS) is 14.1.